The topological polar surface area (TPSA) is 26.8 Å². The summed E-state index contributed by atoms with van der Waals surface area (Å²) in [6, 6.07) is 0.683. The highest BCUT2D eigenvalue weighted by atomic mass is 16.1. The van der Waals surface area contributed by atoms with E-state index in [1.807, 2.05) is 0 Å². The third-order valence-corrected chi connectivity index (χ3v) is 5.03. The number of piperazine rings is 1. The lowest BCUT2D eigenvalue weighted by Gasteiger charge is -2.38. The molecule has 0 aromatic carbocycles. The molecule has 2 fully saturated rings. The van der Waals surface area contributed by atoms with E-state index < -0.39 is 0 Å². The highest BCUT2D eigenvalue weighted by molar-refractivity contribution is 5.78. The van der Waals surface area contributed by atoms with E-state index in [4.69, 9.17) is 0 Å². The molecule has 0 saturated carbocycles. The minimum Gasteiger partial charge on any atom is -0.302 e. The Morgan fingerprint density at radius 3 is 1.90 bits per heavy atom. The number of hydrogen-bond donors (Lipinski definition) is 0. The lowest BCUT2D eigenvalue weighted by molar-refractivity contribution is -0.122. The van der Waals surface area contributed by atoms with Crippen LogP contribution in [0.1, 0.15) is 33.6 Å². The Kier molecular flexibility index (Phi) is 6.00. The van der Waals surface area contributed by atoms with Crippen LogP contribution >= 0.6 is 0 Å². The van der Waals surface area contributed by atoms with E-state index in [-0.39, 0.29) is 0 Å². The van der Waals surface area contributed by atoms with Crippen molar-refractivity contribution in [2.24, 2.45) is 5.92 Å². The highest BCUT2D eigenvalue weighted by Gasteiger charge is 2.23. The molecule has 0 atom stereocenters. The molecule has 4 heteroatoms. The molecule has 0 spiro atoms. The molecule has 20 heavy (non-hydrogen) atoms. The van der Waals surface area contributed by atoms with Crippen molar-refractivity contribution in [1.29, 1.82) is 0 Å². The van der Waals surface area contributed by atoms with Gasteiger partial charge in [-0.1, -0.05) is 0 Å². The number of nitrogens with zero attached hydrogens (tertiary/aromatic N) is 3. The van der Waals surface area contributed by atoms with E-state index in [1.54, 1.807) is 6.92 Å². The van der Waals surface area contributed by atoms with E-state index in [0.717, 1.165) is 25.9 Å². The van der Waals surface area contributed by atoms with E-state index in [2.05, 4.69) is 28.5 Å². The maximum absolute atomic E-state index is 11.4. The van der Waals surface area contributed by atoms with Crippen molar-refractivity contribution >= 4 is 5.78 Å². The second-order valence-corrected chi connectivity index (χ2v) is 6.70. The molecular weight excluding hydrogens is 250 g/mol. The molecule has 0 aromatic rings. The molecule has 0 aromatic heterocycles. The van der Waals surface area contributed by atoms with Gasteiger partial charge in [0.15, 0.2) is 0 Å². The average molecular weight is 281 g/mol. The maximum Gasteiger partial charge on any atom is 0.133 e. The van der Waals surface area contributed by atoms with E-state index in [1.165, 1.54) is 39.3 Å². The van der Waals surface area contributed by atoms with Crippen molar-refractivity contribution < 1.29 is 4.79 Å². The molecule has 2 saturated heterocycles. The number of hydrogen-bond acceptors (Lipinski definition) is 4. The van der Waals surface area contributed by atoms with Gasteiger partial charge in [-0.2, -0.15) is 0 Å². The lowest BCUT2D eigenvalue weighted by Crippen LogP contribution is -2.50. The summed E-state index contributed by atoms with van der Waals surface area (Å²) in [5.74, 6) is 0.718. The average Bonchev–Trinajstić information content (AvgIpc) is 2.46. The first-order valence-electron chi connectivity index (χ1n) is 8.25. The molecule has 4 nitrogen and oxygen atoms in total. The largest absolute Gasteiger partial charge is 0.302 e. The van der Waals surface area contributed by atoms with Crippen LogP contribution in [-0.2, 0) is 4.79 Å². The van der Waals surface area contributed by atoms with Gasteiger partial charge in [-0.05, 0) is 46.7 Å². The quantitative estimate of drug-likeness (QED) is 0.759. The number of Topliss-reactive ketones (excluding diaryl/α,β-unsaturated/α-hetero) is 1. The normalized spacial score (nSPS) is 24.4. The summed E-state index contributed by atoms with van der Waals surface area (Å²) >= 11 is 0. The van der Waals surface area contributed by atoms with Crippen LogP contribution in [-0.4, -0.2) is 78.9 Å². The minimum absolute atomic E-state index is 0.334. The molecule has 0 unspecified atom stereocenters. The van der Waals surface area contributed by atoms with E-state index in [9.17, 15) is 4.79 Å². The summed E-state index contributed by atoms with van der Waals surface area (Å²) in [5, 5.41) is 0. The second kappa shape index (κ2) is 7.53. The number of carbonyl (C=O) groups is 1. The van der Waals surface area contributed by atoms with Crippen LogP contribution in [0.2, 0.25) is 0 Å². The molecule has 0 bridgehead atoms. The Labute approximate surface area is 124 Å². The molecule has 2 aliphatic heterocycles. The molecule has 2 rings (SSSR count). The van der Waals surface area contributed by atoms with Gasteiger partial charge >= 0.3 is 0 Å². The van der Waals surface area contributed by atoms with Gasteiger partial charge in [0.25, 0.3) is 0 Å². The van der Waals surface area contributed by atoms with Crippen molar-refractivity contribution in [3.63, 3.8) is 0 Å². The summed E-state index contributed by atoms with van der Waals surface area (Å²) in [5.41, 5.74) is 0. The molecule has 2 heterocycles. The molecule has 0 radical (unpaired) electrons. The Morgan fingerprint density at radius 2 is 1.45 bits per heavy atom. The van der Waals surface area contributed by atoms with Gasteiger partial charge in [-0.25, -0.2) is 0 Å². The standard InChI is InChI=1S/C16H31N3O/c1-14(2)19-12-10-18(11-13-19)9-8-17-6-4-16(5-7-17)15(3)20/h14,16H,4-13H2,1-3H3. The monoisotopic (exact) mass is 281 g/mol. The fourth-order valence-electron chi connectivity index (χ4n) is 3.35. The van der Waals surface area contributed by atoms with Gasteiger partial charge in [-0.15, -0.1) is 0 Å². The van der Waals surface area contributed by atoms with Crippen molar-refractivity contribution in [3.05, 3.63) is 0 Å². The number of likely N-dealkylation sites (tertiary alicyclic amines) is 1. The first kappa shape index (κ1) is 15.9. The van der Waals surface area contributed by atoms with Crippen LogP contribution in [0.15, 0.2) is 0 Å². The molecular formula is C16H31N3O. The van der Waals surface area contributed by atoms with Crippen molar-refractivity contribution in [3.8, 4) is 0 Å². The van der Waals surface area contributed by atoms with Crippen LogP contribution < -0.4 is 0 Å². The number of piperidine rings is 1. The SMILES string of the molecule is CC(=O)C1CCN(CCN2CCN(C(C)C)CC2)CC1. The lowest BCUT2D eigenvalue weighted by atomic mass is 9.93. The number of carbonyl (C=O) groups excluding carboxylic acids is 1. The molecule has 2 aliphatic rings. The van der Waals surface area contributed by atoms with Gasteiger partial charge in [0.2, 0.25) is 0 Å². The zero-order valence-electron chi connectivity index (χ0n) is 13.5. The van der Waals surface area contributed by atoms with E-state index >= 15 is 0 Å². The van der Waals surface area contributed by atoms with Crippen molar-refractivity contribution in [2.45, 2.75) is 39.7 Å². The van der Waals surface area contributed by atoms with Crippen LogP contribution in [0.25, 0.3) is 0 Å². The molecule has 0 aliphatic carbocycles. The Hall–Kier alpha value is -0.450. The van der Waals surface area contributed by atoms with Gasteiger partial charge in [0.05, 0.1) is 0 Å². The highest BCUT2D eigenvalue weighted by Crippen LogP contribution is 2.17. The van der Waals surface area contributed by atoms with Crippen LogP contribution in [0.3, 0.4) is 0 Å². The summed E-state index contributed by atoms with van der Waals surface area (Å²) in [7, 11) is 0. The smallest absolute Gasteiger partial charge is 0.133 e. The van der Waals surface area contributed by atoms with Crippen LogP contribution in [0.4, 0.5) is 0 Å². The number of ketones is 1. The molecule has 0 N–H and O–H groups in total. The number of rotatable bonds is 5. The summed E-state index contributed by atoms with van der Waals surface area (Å²) < 4.78 is 0. The Bertz CT molecular complexity index is 303. The predicted molar refractivity (Wildman–Crippen MR) is 83.0 cm³/mol. The van der Waals surface area contributed by atoms with Gasteiger partial charge in [-0.3, -0.25) is 14.6 Å². The Balaban J connectivity index is 1.61. The summed E-state index contributed by atoms with van der Waals surface area (Å²) in [6.45, 7) is 15.7. The molecule has 0 amide bonds. The van der Waals surface area contributed by atoms with Gasteiger partial charge < -0.3 is 4.90 Å². The zero-order chi connectivity index (χ0) is 14.5. The fraction of sp³-hybridized carbons (Fsp3) is 0.938. The van der Waals surface area contributed by atoms with Crippen molar-refractivity contribution in [2.75, 3.05) is 52.4 Å². The van der Waals surface area contributed by atoms with Crippen LogP contribution in [0, 0.1) is 5.92 Å². The summed E-state index contributed by atoms with van der Waals surface area (Å²) in [6.07, 6.45) is 2.13. The first-order chi connectivity index (χ1) is 9.56. The second-order valence-electron chi connectivity index (χ2n) is 6.70. The van der Waals surface area contributed by atoms with E-state index in [0.29, 0.717) is 17.7 Å². The van der Waals surface area contributed by atoms with Gasteiger partial charge in [0, 0.05) is 51.2 Å². The first-order valence-corrected chi connectivity index (χ1v) is 8.25. The van der Waals surface area contributed by atoms with Crippen molar-refractivity contribution in [1.82, 2.24) is 14.7 Å². The Morgan fingerprint density at radius 1 is 0.950 bits per heavy atom. The third kappa shape index (κ3) is 4.54. The third-order valence-electron chi connectivity index (χ3n) is 5.03. The molecule has 116 valence electrons. The maximum atomic E-state index is 11.4. The van der Waals surface area contributed by atoms with Crippen LogP contribution in [0.5, 0.6) is 0 Å². The summed E-state index contributed by atoms with van der Waals surface area (Å²) in [4.78, 5) is 19.1. The minimum atomic E-state index is 0.334. The predicted octanol–water partition coefficient (Wildman–Crippen LogP) is 1.31. The van der Waals surface area contributed by atoms with Gasteiger partial charge in [0.1, 0.15) is 5.78 Å². The zero-order valence-corrected chi connectivity index (χ0v) is 13.5. The fourth-order valence-corrected chi connectivity index (χ4v) is 3.35.